The first-order valence-electron chi connectivity index (χ1n) is 5.68. The van der Waals surface area contributed by atoms with Crippen molar-refractivity contribution >= 4 is 5.91 Å². The lowest BCUT2D eigenvalue weighted by Crippen LogP contribution is -2.53. The summed E-state index contributed by atoms with van der Waals surface area (Å²) in [5.74, 6) is -0.0614. The van der Waals surface area contributed by atoms with Crippen LogP contribution >= 0.6 is 0 Å². The molecule has 2 heterocycles. The Morgan fingerprint density at radius 1 is 1.59 bits per heavy atom. The summed E-state index contributed by atoms with van der Waals surface area (Å²) in [5, 5.41) is 12.2. The van der Waals surface area contributed by atoms with E-state index in [4.69, 9.17) is 5.26 Å². The Morgan fingerprint density at radius 3 is 2.94 bits per heavy atom. The van der Waals surface area contributed by atoms with Crippen LogP contribution in [0.5, 0.6) is 0 Å². The molecule has 0 aliphatic carbocycles. The average molecular weight is 232 g/mol. The smallest absolute Gasteiger partial charge is 0.271 e. The molecule has 1 N–H and O–H groups in total. The largest absolute Gasteiger partial charge is 0.344 e. The molecule has 0 saturated carbocycles. The van der Waals surface area contributed by atoms with Gasteiger partial charge in [-0.05, 0) is 19.1 Å². The molecule has 1 unspecified atom stereocenters. The van der Waals surface area contributed by atoms with Crippen LogP contribution in [0.3, 0.4) is 0 Å². The molecule has 90 valence electrons. The Labute approximate surface area is 101 Å². The second-order valence-corrected chi connectivity index (χ2v) is 4.27. The Balaban J connectivity index is 2.25. The van der Waals surface area contributed by atoms with Crippen LogP contribution in [0.25, 0.3) is 0 Å². The number of amides is 1. The monoisotopic (exact) mass is 232 g/mol. The Hall–Kier alpha value is -1.80. The number of hydrogen-bond acceptors (Lipinski definition) is 3. The first-order chi connectivity index (χ1) is 8.15. The third-order valence-electron chi connectivity index (χ3n) is 3.25. The number of carbonyl (C=O) groups is 1. The molecule has 5 nitrogen and oxygen atoms in total. The predicted molar refractivity (Wildman–Crippen MR) is 63.5 cm³/mol. The number of aryl methyl sites for hydroxylation is 1. The summed E-state index contributed by atoms with van der Waals surface area (Å²) in [6, 6.07) is 5.52. The summed E-state index contributed by atoms with van der Waals surface area (Å²) < 4.78 is 1.86. The van der Waals surface area contributed by atoms with Gasteiger partial charge in [-0.3, -0.25) is 4.79 Å². The van der Waals surface area contributed by atoms with Crippen LogP contribution in [0.15, 0.2) is 12.1 Å². The third-order valence-corrected chi connectivity index (χ3v) is 3.25. The number of nitriles is 1. The van der Waals surface area contributed by atoms with Crippen molar-refractivity contribution in [3.63, 3.8) is 0 Å². The summed E-state index contributed by atoms with van der Waals surface area (Å²) >= 11 is 0. The third kappa shape index (κ3) is 2.04. The molecular weight excluding hydrogens is 216 g/mol. The van der Waals surface area contributed by atoms with Gasteiger partial charge in [0.25, 0.3) is 5.91 Å². The molecule has 0 aromatic carbocycles. The maximum atomic E-state index is 12.3. The second-order valence-electron chi connectivity index (χ2n) is 4.27. The van der Waals surface area contributed by atoms with Crippen molar-refractivity contribution in [3.05, 3.63) is 23.5 Å². The zero-order valence-corrected chi connectivity index (χ0v) is 10.1. The molecule has 0 spiro atoms. The fourth-order valence-corrected chi connectivity index (χ4v) is 2.04. The molecular formula is C12H16N4O. The van der Waals surface area contributed by atoms with Crippen molar-refractivity contribution in [1.82, 2.24) is 14.8 Å². The van der Waals surface area contributed by atoms with E-state index in [1.165, 1.54) is 0 Å². The number of nitrogens with one attached hydrogen (secondary N) is 1. The maximum Gasteiger partial charge on any atom is 0.271 e. The van der Waals surface area contributed by atoms with Gasteiger partial charge in [0.05, 0.1) is 6.07 Å². The lowest BCUT2D eigenvalue weighted by Gasteiger charge is -2.32. The maximum absolute atomic E-state index is 12.3. The van der Waals surface area contributed by atoms with E-state index in [0.29, 0.717) is 18.8 Å². The van der Waals surface area contributed by atoms with Gasteiger partial charge in [0.15, 0.2) is 0 Å². The van der Waals surface area contributed by atoms with Crippen molar-refractivity contribution in [3.8, 4) is 6.07 Å². The molecule has 0 bridgehead atoms. The van der Waals surface area contributed by atoms with E-state index < -0.39 is 0 Å². The minimum Gasteiger partial charge on any atom is -0.344 e. The molecule has 17 heavy (non-hydrogen) atoms. The number of nitrogens with zero attached hydrogens (tertiary/aromatic N) is 3. The van der Waals surface area contributed by atoms with E-state index in [1.54, 1.807) is 4.90 Å². The molecule has 1 aromatic rings. The first-order valence-corrected chi connectivity index (χ1v) is 5.68. The van der Waals surface area contributed by atoms with Crippen LogP contribution in [-0.4, -0.2) is 41.1 Å². The van der Waals surface area contributed by atoms with Gasteiger partial charge >= 0.3 is 0 Å². The van der Waals surface area contributed by atoms with Crippen molar-refractivity contribution < 1.29 is 4.79 Å². The molecule has 1 aliphatic rings. The molecule has 1 aromatic heterocycles. The molecule has 1 saturated heterocycles. The highest BCUT2D eigenvalue weighted by Gasteiger charge is 2.28. The molecule has 2 rings (SSSR count). The van der Waals surface area contributed by atoms with Crippen LogP contribution in [-0.2, 0) is 7.05 Å². The number of hydrogen-bond donors (Lipinski definition) is 1. The SMILES string of the molecule is Cc1ccc(C(=O)N2CCNCC2C#N)n1C. The topological polar surface area (TPSA) is 61.1 Å². The van der Waals surface area contributed by atoms with E-state index in [9.17, 15) is 4.79 Å². The fourth-order valence-electron chi connectivity index (χ4n) is 2.04. The summed E-state index contributed by atoms with van der Waals surface area (Å²) in [6.07, 6.45) is 0. The van der Waals surface area contributed by atoms with Crippen molar-refractivity contribution in [2.75, 3.05) is 19.6 Å². The molecule has 0 radical (unpaired) electrons. The van der Waals surface area contributed by atoms with Crippen LogP contribution in [0.4, 0.5) is 0 Å². The van der Waals surface area contributed by atoms with Gasteiger partial charge in [0.1, 0.15) is 11.7 Å². The van der Waals surface area contributed by atoms with Crippen LogP contribution in [0.2, 0.25) is 0 Å². The summed E-state index contributed by atoms with van der Waals surface area (Å²) in [7, 11) is 1.87. The standard InChI is InChI=1S/C12H16N4O/c1-9-3-4-11(15(9)2)12(17)16-6-5-14-8-10(16)7-13/h3-4,10,14H,5-6,8H2,1-2H3. The molecule has 1 aliphatic heterocycles. The van der Waals surface area contributed by atoms with E-state index in [2.05, 4.69) is 11.4 Å². The lowest BCUT2D eigenvalue weighted by molar-refractivity contribution is 0.0677. The predicted octanol–water partition coefficient (Wildman–Crippen LogP) is 0.271. The van der Waals surface area contributed by atoms with Crippen LogP contribution < -0.4 is 5.32 Å². The minimum absolute atomic E-state index is 0.0614. The first kappa shape index (κ1) is 11.7. The van der Waals surface area contributed by atoms with Gasteiger partial charge in [-0.2, -0.15) is 5.26 Å². The average Bonchev–Trinajstić information content (AvgIpc) is 2.69. The zero-order valence-electron chi connectivity index (χ0n) is 10.1. The van der Waals surface area contributed by atoms with Gasteiger partial charge < -0.3 is 14.8 Å². The van der Waals surface area contributed by atoms with Gasteiger partial charge in [0.2, 0.25) is 0 Å². The summed E-state index contributed by atoms with van der Waals surface area (Å²) in [5.41, 5.74) is 1.68. The summed E-state index contributed by atoms with van der Waals surface area (Å²) in [6.45, 7) is 3.83. The molecule has 1 fully saturated rings. The Kier molecular flexibility index (Phi) is 3.16. The summed E-state index contributed by atoms with van der Waals surface area (Å²) in [4.78, 5) is 14.0. The Morgan fingerprint density at radius 2 is 2.35 bits per heavy atom. The van der Waals surface area contributed by atoms with E-state index >= 15 is 0 Å². The highest BCUT2D eigenvalue weighted by molar-refractivity contribution is 5.93. The van der Waals surface area contributed by atoms with E-state index in [-0.39, 0.29) is 11.9 Å². The van der Waals surface area contributed by atoms with Gasteiger partial charge in [0, 0.05) is 32.4 Å². The van der Waals surface area contributed by atoms with Gasteiger partial charge in [-0.1, -0.05) is 0 Å². The molecule has 5 heteroatoms. The number of carbonyl (C=O) groups excluding carboxylic acids is 1. The van der Waals surface area contributed by atoms with E-state index in [1.807, 2.05) is 30.7 Å². The fraction of sp³-hybridized carbons (Fsp3) is 0.500. The second kappa shape index (κ2) is 4.60. The van der Waals surface area contributed by atoms with Crippen LogP contribution in [0.1, 0.15) is 16.2 Å². The van der Waals surface area contributed by atoms with Gasteiger partial charge in [-0.15, -0.1) is 0 Å². The normalized spacial score (nSPS) is 20.1. The van der Waals surface area contributed by atoms with Crippen molar-refractivity contribution in [2.24, 2.45) is 7.05 Å². The number of aromatic nitrogens is 1. The molecule has 1 atom stereocenters. The molecule has 1 amide bonds. The number of piperazine rings is 1. The van der Waals surface area contributed by atoms with Crippen LogP contribution in [0, 0.1) is 18.3 Å². The highest BCUT2D eigenvalue weighted by atomic mass is 16.2. The lowest BCUT2D eigenvalue weighted by atomic mass is 10.2. The quantitative estimate of drug-likeness (QED) is 0.756. The number of rotatable bonds is 1. The van der Waals surface area contributed by atoms with Crippen molar-refractivity contribution in [2.45, 2.75) is 13.0 Å². The van der Waals surface area contributed by atoms with Gasteiger partial charge in [-0.25, -0.2) is 0 Å². The van der Waals surface area contributed by atoms with E-state index in [0.717, 1.165) is 12.2 Å². The highest BCUT2D eigenvalue weighted by Crippen LogP contribution is 2.12. The minimum atomic E-state index is -0.369. The zero-order chi connectivity index (χ0) is 12.4. The Bertz CT molecular complexity index is 471. The van der Waals surface area contributed by atoms with Crippen molar-refractivity contribution in [1.29, 1.82) is 5.26 Å².